The molecule has 1 aromatic carbocycles. The van der Waals surface area contributed by atoms with E-state index < -0.39 is 6.10 Å². The Balaban J connectivity index is 2.31. The number of carbonyl (C=O) groups excluding carboxylic acids is 1. The Morgan fingerprint density at radius 2 is 2.05 bits per heavy atom. The Hall–Kier alpha value is -1.43. The zero-order valence-electron chi connectivity index (χ0n) is 12.9. The van der Waals surface area contributed by atoms with Crippen molar-refractivity contribution < 1.29 is 14.3 Å². The second-order valence-corrected chi connectivity index (χ2v) is 4.83. The van der Waals surface area contributed by atoms with Gasteiger partial charge in [-0.3, -0.25) is 4.79 Å². The molecule has 118 valence electrons. The fourth-order valence-electron chi connectivity index (χ4n) is 1.76. The van der Waals surface area contributed by atoms with Crippen molar-refractivity contribution >= 4 is 11.6 Å². The van der Waals surface area contributed by atoms with Crippen LogP contribution in [0.2, 0.25) is 0 Å². The number of ether oxygens (including phenoxy) is 2. The fourth-order valence-corrected chi connectivity index (χ4v) is 1.76. The number of para-hydroxylation sites is 1. The third-order valence-corrected chi connectivity index (χ3v) is 3.10. The molecule has 1 amide bonds. The molecule has 0 aliphatic heterocycles. The summed E-state index contributed by atoms with van der Waals surface area (Å²) in [7, 11) is 0. The van der Waals surface area contributed by atoms with Gasteiger partial charge in [0, 0.05) is 18.8 Å². The third kappa shape index (κ3) is 6.71. The molecule has 21 heavy (non-hydrogen) atoms. The maximum Gasteiger partial charge on any atom is 0.253 e. The van der Waals surface area contributed by atoms with Gasteiger partial charge >= 0.3 is 0 Å². The first-order valence-corrected chi connectivity index (χ1v) is 7.47. The average Bonchev–Trinajstić information content (AvgIpc) is 2.51. The van der Waals surface area contributed by atoms with E-state index >= 15 is 0 Å². The fraction of sp³-hybridized carbons (Fsp3) is 0.562. The molecular formula is C16H26N2O3. The monoisotopic (exact) mass is 294 g/mol. The van der Waals surface area contributed by atoms with E-state index in [9.17, 15) is 4.79 Å². The van der Waals surface area contributed by atoms with Crippen molar-refractivity contribution in [2.75, 3.05) is 25.1 Å². The van der Waals surface area contributed by atoms with Gasteiger partial charge in [-0.25, -0.2) is 0 Å². The summed E-state index contributed by atoms with van der Waals surface area (Å²) in [6.07, 6.45) is 1.64. The molecule has 0 bridgehead atoms. The van der Waals surface area contributed by atoms with E-state index in [1.807, 2.05) is 24.3 Å². The number of hydrogen-bond donors (Lipinski definition) is 2. The zero-order valence-corrected chi connectivity index (χ0v) is 12.9. The highest BCUT2D eigenvalue weighted by atomic mass is 16.5. The van der Waals surface area contributed by atoms with E-state index in [1.165, 1.54) is 0 Å². The van der Waals surface area contributed by atoms with Crippen molar-refractivity contribution in [3.05, 3.63) is 29.8 Å². The number of hydrogen-bond acceptors (Lipinski definition) is 4. The summed E-state index contributed by atoms with van der Waals surface area (Å²) < 4.78 is 10.8. The minimum atomic E-state index is -0.523. The lowest BCUT2D eigenvalue weighted by molar-refractivity contribution is -0.127. The van der Waals surface area contributed by atoms with Crippen molar-refractivity contribution in [2.45, 2.75) is 39.3 Å². The van der Waals surface area contributed by atoms with Crippen LogP contribution in [0.1, 0.15) is 32.3 Å². The quantitative estimate of drug-likeness (QED) is 0.649. The molecule has 0 radical (unpaired) electrons. The number of nitrogens with one attached hydrogen (secondary N) is 1. The predicted octanol–water partition coefficient (Wildman–Crippen LogP) is 2.31. The lowest BCUT2D eigenvalue weighted by Crippen LogP contribution is -2.29. The molecule has 5 nitrogen and oxygen atoms in total. The zero-order chi connectivity index (χ0) is 15.5. The second-order valence-electron chi connectivity index (χ2n) is 4.83. The van der Waals surface area contributed by atoms with E-state index in [0.717, 1.165) is 30.7 Å². The Kier molecular flexibility index (Phi) is 8.66. The molecule has 0 aromatic heterocycles. The van der Waals surface area contributed by atoms with Gasteiger partial charge in [0.1, 0.15) is 6.10 Å². The molecule has 1 rings (SSSR count). The predicted molar refractivity (Wildman–Crippen MR) is 84.1 cm³/mol. The first kappa shape index (κ1) is 17.6. The van der Waals surface area contributed by atoms with E-state index in [1.54, 1.807) is 6.92 Å². The van der Waals surface area contributed by atoms with Gasteiger partial charge in [0.05, 0.1) is 13.2 Å². The largest absolute Gasteiger partial charge is 0.379 e. The molecule has 1 unspecified atom stereocenters. The summed E-state index contributed by atoms with van der Waals surface area (Å²) in [5.74, 6) is -0.176. The number of rotatable bonds is 10. The lowest BCUT2D eigenvalue weighted by Gasteiger charge is -2.15. The van der Waals surface area contributed by atoms with Crippen LogP contribution in [0.15, 0.2) is 24.3 Å². The lowest BCUT2D eigenvalue weighted by atomic mass is 10.1. The van der Waals surface area contributed by atoms with Crippen LogP contribution in [0.25, 0.3) is 0 Å². The molecule has 1 aromatic rings. The summed E-state index contributed by atoms with van der Waals surface area (Å²) in [5.41, 5.74) is 7.28. The van der Waals surface area contributed by atoms with Gasteiger partial charge in [0.25, 0.3) is 5.91 Å². The van der Waals surface area contributed by atoms with Gasteiger partial charge in [-0.1, -0.05) is 31.5 Å². The molecule has 0 spiro atoms. The maximum atomic E-state index is 12.0. The number of unbranched alkanes of at least 4 members (excludes halogenated alkanes) is 1. The van der Waals surface area contributed by atoms with Gasteiger partial charge in [-0.15, -0.1) is 0 Å². The standard InChI is InChI=1S/C16H26N2O3/c1-3-4-9-20-10-11-21-13(2)16(19)18-15-8-6-5-7-14(15)12-17/h5-8,13H,3-4,9-12,17H2,1-2H3,(H,18,19). The van der Waals surface area contributed by atoms with Crippen molar-refractivity contribution in [3.63, 3.8) is 0 Å². The smallest absolute Gasteiger partial charge is 0.253 e. The average molecular weight is 294 g/mol. The SMILES string of the molecule is CCCCOCCOC(C)C(=O)Nc1ccccc1CN. The van der Waals surface area contributed by atoms with E-state index in [0.29, 0.717) is 19.8 Å². The summed E-state index contributed by atoms with van der Waals surface area (Å²) in [6.45, 7) is 5.90. The van der Waals surface area contributed by atoms with Gasteiger partial charge < -0.3 is 20.5 Å². The first-order valence-electron chi connectivity index (χ1n) is 7.47. The van der Waals surface area contributed by atoms with E-state index in [2.05, 4.69) is 12.2 Å². The van der Waals surface area contributed by atoms with Crippen LogP contribution < -0.4 is 11.1 Å². The number of anilines is 1. The summed E-state index contributed by atoms with van der Waals surface area (Å²) in [4.78, 5) is 12.0. The highest BCUT2D eigenvalue weighted by Crippen LogP contribution is 2.14. The van der Waals surface area contributed by atoms with Crippen molar-refractivity contribution in [2.24, 2.45) is 5.73 Å². The molecule has 0 heterocycles. The maximum absolute atomic E-state index is 12.0. The molecule has 3 N–H and O–H groups in total. The molecule has 1 atom stereocenters. The van der Waals surface area contributed by atoms with Crippen LogP contribution in [0.4, 0.5) is 5.69 Å². The Labute approximate surface area is 126 Å². The highest BCUT2D eigenvalue weighted by Gasteiger charge is 2.14. The van der Waals surface area contributed by atoms with Crippen LogP contribution >= 0.6 is 0 Å². The van der Waals surface area contributed by atoms with Gasteiger partial charge in [-0.05, 0) is 25.0 Å². The molecule has 0 fully saturated rings. The topological polar surface area (TPSA) is 73.6 Å². The summed E-state index contributed by atoms with van der Waals surface area (Å²) >= 11 is 0. The number of amides is 1. The molecule has 0 aliphatic carbocycles. The van der Waals surface area contributed by atoms with Crippen molar-refractivity contribution in [3.8, 4) is 0 Å². The Morgan fingerprint density at radius 3 is 2.76 bits per heavy atom. The molecule has 0 aliphatic rings. The van der Waals surface area contributed by atoms with Gasteiger partial charge in [0.2, 0.25) is 0 Å². The summed E-state index contributed by atoms with van der Waals surface area (Å²) in [6, 6.07) is 7.48. The third-order valence-electron chi connectivity index (χ3n) is 3.10. The molecule has 5 heteroatoms. The van der Waals surface area contributed by atoms with E-state index in [4.69, 9.17) is 15.2 Å². The van der Waals surface area contributed by atoms with Crippen LogP contribution in [0.5, 0.6) is 0 Å². The molecule has 0 saturated carbocycles. The first-order chi connectivity index (χ1) is 10.2. The minimum absolute atomic E-state index is 0.176. The minimum Gasteiger partial charge on any atom is -0.379 e. The van der Waals surface area contributed by atoms with E-state index in [-0.39, 0.29) is 5.91 Å². The van der Waals surface area contributed by atoms with Gasteiger partial charge in [0.15, 0.2) is 0 Å². The summed E-state index contributed by atoms with van der Waals surface area (Å²) in [5, 5.41) is 2.84. The Morgan fingerprint density at radius 1 is 1.29 bits per heavy atom. The highest BCUT2D eigenvalue weighted by molar-refractivity contribution is 5.94. The second kappa shape index (κ2) is 10.3. The number of nitrogens with two attached hydrogens (primary N) is 1. The van der Waals surface area contributed by atoms with Crippen LogP contribution in [-0.2, 0) is 20.8 Å². The van der Waals surface area contributed by atoms with Crippen LogP contribution in [-0.4, -0.2) is 31.8 Å². The molecular weight excluding hydrogens is 268 g/mol. The normalized spacial score (nSPS) is 12.1. The van der Waals surface area contributed by atoms with Crippen LogP contribution in [0.3, 0.4) is 0 Å². The van der Waals surface area contributed by atoms with Crippen molar-refractivity contribution in [1.82, 2.24) is 0 Å². The van der Waals surface area contributed by atoms with Gasteiger partial charge in [-0.2, -0.15) is 0 Å². The Bertz CT molecular complexity index is 424. The van der Waals surface area contributed by atoms with Crippen molar-refractivity contribution in [1.29, 1.82) is 0 Å². The number of benzene rings is 1. The van der Waals surface area contributed by atoms with Crippen LogP contribution in [0, 0.1) is 0 Å². The number of carbonyl (C=O) groups is 1. The molecule has 0 saturated heterocycles.